The number of halogens is 1. The normalized spacial score (nSPS) is 11.8. The number of amides is 1. The van der Waals surface area contributed by atoms with Crippen LogP contribution in [0.2, 0.25) is 0 Å². The van der Waals surface area contributed by atoms with Crippen LogP contribution in [0.25, 0.3) is 5.69 Å². The van der Waals surface area contributed by atoms with Crippen molar-refractivity contribution in [2.24, 2.45) is 0 Å². The summed E-state index contributed by atoms with van der Waals surface area (Å²) in [5, 5.41) is 3.02. The highest BCUT2D eigenvalue weighted by Gasteiger charge is 2.15. The van der Waals surface area contributed by atoms with Crippen LogP contribution in [0.5, 0.6) is 5.75 Å². The fraction of sp³-hybridized carbons (Fsp3) is 0.158. The highest BCUT2D eigenvalue weighted by Crippen LogP contribution is 2.23. The molecule has 128 valence electrons. The van der Waals surface area contributed by atoms with Gasteiger partial charge in [0.1, 0.15) is 5.75 Å². The smallest absolute Gasteiger partial charge is 0.253 e. The molecule has 0 bridgehead atoms. The van der Waals surface area contributed by atoms with Crippen molar-refractivity contribution in [2.75, 3.05) is 7.11 Å². The first-order chi connectivity index (χ1) is 12.1. The Hall–Kier alpha value is -2.60. The Labute approximate surface area is 154 Å². The Morgan fingerprint density at radius 3 is 2.64 bits per heavy atom. The SMILES string of the molecule is COc1ccc(Br)c(C(=O)NC(C)c2ccc(-n3ccnc3)cc2)c1. The van der Waals surface area contributed by atoms with E-state index in [2.05, 4.69) is 26.2 Å². The Kier molecular flexibility index (Phi) is 5.19. The number of carbonyl (C=O) groups excluding carboxylic acids is 1. The summed E-state index contributed by atoms with van der Waals surface area (Å²) in [5.74, 6) is 0.489. The molecule has 0 radical (unpaired) electrons. The van der Waals surface area contributed by atoms with Crippen molar-refractivity contribution in [3.8, 4) is 11.4 Å². The van der Waals surface area contributed by atoms with Gasteiger partial charge >= 0.3 is 0 Å². The van der Waals surface area contributed by atoms with Gasteiger partial charge in [0.15, 0.2) is 0 Å². The Morgan fingerprint density at radius 1 is 1.24 bits per heavy atom. The number of nitrogens with one attached hydrogen (secondary N) is 1. The predicted molar refractivity (Wildman–Crippen MR) is 100 cm³/mol. The van der Waals surface area contributed by atoms with Crippen LogP contribution in [-0.2, 0) is 0 Å². The summed E-state index contributed by atoms with van der Waals surface area (Å²) in [6.45, 7) is 1.96. The third-order valence-electron chi connectivity index (χ3n) is 3.96. The van der Waals surface area contributed by atoms with Gasteiger partial charge in [-0.2, -0.15) is 0 Å². The molecule has 0 fully saturated rings. The standard InChI is InChI=1S/C19H18BrN3O2/c1-13(14-3-5-15(6-4-14)23-10-9-21-12-23)22-19(24)17-11-16(25-2)7-8-18(17)20/h3-13H,1-2H3,(H,22,24). The van der Waals surface area contributed by atoms with E-state index in [1.165, 1.54) is 0 Å². The number of methoxy groups -OCH3 is 1. The molecule has 1 unspecified atom stereocenters. The van der Waals surface area contributed by atoms with Crippen LogP contribution in [0, 0.1) is 0 Å². The molecule has 2 aromatic carbocycles. The Balaban J connectivity index is 1.73. The molecule has 25 heavy (non-hydrogen) atoms. The highest BCUT2D eigenvalue weighted by molar-refractivity contribution is 9.10. The molecule has 0 aliphatic carbocycles. The number of nitrogens with zero attached hydrogens (tertiary/aromatic N) is 2. The molecule has 0 aliphatic rings. The lowest BCUT2D eigenvalue weighted by Crippen LogP contribution is -2.27. The minimum Gasteiger partial charge on any atom is -0.497 e. The molecule has 1 amide bonds. The van der Waals surface area contributed by atoms with Crippen LogP contribution in [0.3, 0.4) is 0 Å². The largest absolute Gasteiger partial charge is 0.497 e. The summed E-state index contributed by atoms with van der Waals surface area (Å²) in [5.41, 5.74) is 2.59. The summed E-state index contributed by atoms with van der Waals surface area (Å²) in [6, 6.07) is 13.2. The van der Waals surface area contributed by atoms with Gasteiger partial charge in [-0.15, -0.1) is 0 Å². The first kappa shape index (κ1) is 17.2. The summed E-state index contributed by atoms with van der Waals surface area (Å²) in [7, 11) is 1.58. The number of hydrogen-bond acceptors (Lipinski definition) is 3. The van der Waals surface area contributed by atoms with Gasteiger partial charge in [0.05, 0.1) is 25.0 Å². The van der Waals surface area contributed by atoms with Crippen molar-refractivity contribution in [1.82, 2.24) is 14.9 Å². The van der Waals surface area contributed by atoms with Gasteiger partial charge in [-0.25, -0.2) is 4.98 Å². The zero-order valence-corrected chi connectivity index (χ0v) is 15.5. The topological polar surface area (TPSA) is 56.1 Å². The number of aromatic nitrogens is 2. The zero-order chi connectivity index (χ0) is 17.8. The Bertz CT molecular complexity index is 861. The summed E-state index contributed by atoms with van der Waals surface area (Å²) < 4.78 is 7.85. The van der Waals surface area contributed by atoms with E-state index in [4.69, 9.17) is 4.74 Å². The predicted octanol–water partition coefficient (Wildman–Crippen LogP) is 4.13. The third kappa shape index (κ3) is 3.91. The maximum absolute atomic E-state index is 12.6. The van der Waals surface area contributed by atoms with Crippen molar-refractivity contribution in [1.29, 1.82) is 0 Å². The minimum atomic E-state index is -0.156. The maximum Gasteiger partial charge on any atom is 0.253 e. The van der Waals surface area contributed by atoms with Gasteiger partial charge in [0.2, 0.25) is 0 Å². The van der Waals surface area contributed by atoms with E-state index < -0.39 is 0 Å². The fourth-order valence-corrected chi connectivity index (χ4v) is 2.94. The average molecular weight is 400 g/mol. The zero-order valence-electron chi connectivity index (χ0n) is 13.9. The monoisotopic (exact) mass is 399 g/mol. The molecule has 0 saturated carbocycles. The van der Waals surface area contributed by atoms with E-state index in [-0.39, 0.29) is 11.9 Å². The number of carbonyl (C=O) groups is 1. The molecular formula is C19H18BrN3O2. The van der Waals surface area contributed by atoms with Crippen molar-refractivity contribution >= 4 is 21.8 Å². The molecule has 1 N–H and O–H groups in total. The molecule has 1 heterocycles. The maximum atomic E-state index is 12.6. The molecular weight excluding hydrogens is 382 g/mol. The first-order valence-electron chi connectivity index (χ1n) is 7.81. The highest BCUT2D eigenvalue weighted by atomic mass is 79.9. The van der Waals surface area contributed by atoms with Gasteiger partial charge in [-0.05, 0) is 58.7 Å². The number of ether oxygens (including phenoxy) is 1. The molecule has 1 atom stereocenters. The van der Waals surface area contributed by atoms with E-state index in [9.17, 15) is 4.79 Å². The van der Waals surface area contributed by atoms with E-state index in [0.717, 1.165) is 15.7 Å². The third-order valence-corrected chi connectivity index (χ3v) is 4.65. The molecule has 0 spiro atoms. The number of rotatable bonds is 5. The molecule has 6 heteroatoms. The molecule has 0 saturated heterocycles. The summed E-state index contributed by atoms with van der Waals surface area (Å²) in [4.78, 5) is 16.6. The second-order valence-corrected chi connectivity index (χ2v) is 6.46. The molecule has 5 nitrogen and oxygen atoms in total. The van der Waals surface area contributed by atoms with E-state index >= 15 is 0 Å². The van der Waals surface area contributed by atoms with Gasteiger partial charge < -0.3 is 14.6 Å². The van der Waals surface area contributed by atoms with Crippen molar-refractivity contribution in [2.45, 2.75) is 13.0 Å². The van der Waals surface area contributed by atoms with Crippen LogP contribution in [-0.4, -0.2) is 22.6 Å². The van der Waals surface area contributed by atoms with Crippen LogP contribution >= 0.6 is 15.9 Å². The van der Waals surface area contributed by atoms with Crippen molar-refractivity contribution in [3.05, 3.63) is 76.8 Å². The number of hydrogen-bond donors (Lipinski definition) is 1. The molecule has 3 aromatic rings. The van der Waals surface area contributed by atoms with Crippen LogP contribution in [0.1, 0.15) is 28.9 Å². The van der Waals surface area contributed by atoms with E-state index in [1.807, 2.05) is 42.0 Å². The van der Waals surface area contributed by atoms with E-state index in [1.54, 1.807) is 37.8 Å². The summed E-state index contributed by atoms with van der Waals surface area (Å²) in [6.07, 6.45) is 5.38. The van der Waals surface area contributed by atoms with Gasteiger partial charge in [0, 0.05) is 22.6 Å². The minimum absolute atomic E-state index is 0.123. The van der Waals surface area contributed by atoms with Crippen LogP contribution in [0.15, 0.2) is 65.7 Å². The fourth-order valence-electron chi connectivity index (χ4n) is 2.51. The summed E-state index contributed by atoms with van der Waals surface area (Å²) >= 11 is 3.41. The lowest BCUT2D eigenvalue weighted by molar-refractivity contribution is 0.0938. The van der Waals surface area contributed by atoms with E-state index in [0.29, 0.717) is 11.3 Å². The average Bonchev–Trinajstić information content (AvgIpc) is 3.17. The molecule has 3 rings (SSSR count). The lowest BCUT2D eigenvalue weighted by atomic mass is 10.1. The van der Waals surface area contributed by atoms with Crippen LogP contribution in [0.4, 0.5) is 0 Å². The second kappa shape index (κ2) is 7.53. The number of imidazole rings is 1. The van der Waals surface area contributed by atoms with Gasteiger partial charge in [0.25, 0.3) is 5.91 Å². The molecule has 1 aromatic heterocycles. The van der Waals surface area contributed by atoms with Crippen LogP contribution < -0.4 is 10.1 Å². The van der Waals surface area contributed by atoms with Gasteiger partial charge in [-0.3, -0.25) is 4.79 Å². The number of benzene rings is 2. The lowest BCUT2D eigenvalue weighted by Gasteiger charge is -2.16. The van der Waals surface area contributed by atoms with Crippen molar-refractivity contribution < 1.29 is 9.53 Å². The van der Waals surface area contributed by atoms with Gasteiger partial charge in [-0.1, -0.05) is 12.1 Å². The second-order valence-electron chi connectivity index (χ2n) is 5.60. The molecule has 0 aliphatic heterocycles. The first-order valence-corrected chi connectivity index (χ1v) is 8.60. The van der Waals surface area contributed by atoms with Crippen molar-refractivity contribution in [3.63, 3.8) is 0 Å². The Morgan fingerprint density at radius 2 is 2.00 bits per heavy atom. The quantitative estimate of drug-likeness (QED) is 0.701.